The van der Waals surface area contributed by atoms with Crippen LogP contribution in [0.1, 0.15) is 32.1 Å². The van der Waals surface area contributed by atoms with Crippen LogP contribution in [-0.2, 0) is 4.79 Å². The molecule has 3 heterocycles. The minimum absolute atomic E-state index is 0.0506. The lowest BCUT2D eigenvalue weighted by Crippen LogP contribution is -2.50. The van der Waals surface area contributed by atoms with Crippen LogP contribution in [0, 0.1) is 5.92 Å². The smallest absolute Gasteiger partial charge is 0.320 e. The predicted molar refractivity (Wildman–Crippen MR) is 78.1 cm³/mol. The SMILES string of the molecule is O=C(O)[C@@H]1CCCN(C(=O)N2CCCN3CCCC3C2)C1. The second kappa shape index (κ2) is 6.22. The van der Waals surface area contributed by atoms with Crippen LogP contribution in [0.3, 0.4) is 0 Å². The van der Waals surface area contributed by atoms with Gasteiger partial charge < -0.3 is 14.9 Å². The molecule has 0 radical (unpaired) electrons. The van der Waals surface area contributed by atoms with Gasteiger partial charge >= 0.3 is 12.0 Å². The highest BCUT2D eigenvalue weighted by Crippen LogP contribution is 2.23. The number of aliphatic carboxylic acids is 1. The Hall–Kier alpha value is -1.30. The van der Waals surface area contributed by atoms with Crippen LogP contribution in [-0.4, -0.2) is 77.1 Å². The molecule has 0 aliphatic carbocycles. The predicted octanol–water partition coefficient (Wildman–Crippen LogP) is 1.07. The van der Waals surface area contributed by atoms with Crippen molar-refractivity contribution in [2.45, 2.75) is 38.1 Å². The summed E-state index contributed by atoms with van der Waals surface area (Å²) < 4.78 is 0. The number of piperidine rings is 1. The second-order valence-corrected chi connectivity index (χ2v) is 6.54. The quantitative estimate of drug-likeness (QED) is 0.786. The van der Waals surface area contributed by atoms with Crippen molar-refractivity contribution in [3.05, 3.63) is 0 Å². The Kier molecular flexibility index (Phi) is 4.33. The molecule has 6 heteroatoms. The van der Waals surface area contributed by atoms with Gasteiger partial charge in [-0.05, 0) is 38.6 Å². The number of hydrogen-bond donors (Lipinski definition) is 1. The van der Waals surface area contributed by atoms with Gasteiger partial charge in [0.05, 0.1) is 5.92 Å². The van der Waals surface area contributed by atoms with Gasteiger partial charge in [0.2, 0.25) is 0 Å². The zero-order chi connectivity index (χ0) is 14.8. The van der Waals surface area contributed by atoms with Crippen molar-refractivity contribution in [1.82, 2.24) is 14.7 Å². The number of carboxylic acids is 1. The molecule has 3 saturated heterocycles. The molecule has 0 saturated carbocycles. The fourth-order valence-electron chi connectivity index (χ4n) is 3.93. The molecule has 6 nitrogen and oxygen atoms in total. The van der Waals surface area contributed by atoms with Gasteiger partial charge in [-0.2, -0.15) is 0 Å². The van der Waals surface area contributed by atoms with Crippen LogP contribution >= 0.6 is 0 Å². The van der Waals surface area contributed by atoms with Crippen LogP contribution < -0.4 is 0 Å². The van der Waals surface area contributed by atoms with E-state index in [1.807, 2.05) is 4.90 Å². The number of urea groups is 1. The highest BCUT2D eigenvalue weighted by Gasteiger charge is 2.34. The lowest BCUT2D eigenvalue weighted by molar-refractivity contribution is -0.143. The zero-order valence-corrected chi connectivity index (χ0v) is 12.5. The summed E-state index contributed by atoms with van der Waals surface area (Å²) in [5, 5.41) is 9.16. The van der Waals surface area contributed by atoms with Crippen LogP contribution in [0.4, 0.5) is 4.79 Å². The molecule has 2 amide bonds. The van der Waals surface area contributed by atoms with Crippen molar-refractivity contribution in [2.75, 3.05) is 39.3 Å². The van der Waals surface area contributed by atoms with E-state index in [4.69, 9.17) is 5.11 Å². The van der Waals surface area contributed by atoms with Gasteiger partial charge in [-0.15, -0.1) is 0 Å². The summed E-state index contributed by atoms with van der Waals surface area (Å²) in [4.78, 5) is 30.1. The largest absolute Gasteiger partial charge is 0.481 e. The van der Waals surface area contributed by atoms with Crippen LogP contribution in [0.2, 0.25) is 0 Å². The molecule has 0 aromatic rings. The molecule has 3 aliphatic heterocycles. The van der Waals surface area contributed by atoms with E-state index in [-0.39, 0.29) is 6.03 Å². The Bertz CT molecular complexity index is 415. The topological polar surface area (TPSA) is 64.1 Å². The molecule has 0 aromatic carbocycles. The van der Waals surface area contributed by atoms with E-state index in [2.05, 4.69) is 4.90 Å². The van der Waals surface area contributed by atoms with Crippen molar-refractivity contribution in [1.29, 1.82) is 0 Å². The van der Waals surface area contributed by atoms with Crippen molar-refractivity contribution in [3.8, 4) is 0 Å². The summed E-state index contributed by atoms with van der Waals surface area (Å²) in [6.45, 7) is 4.95. The third-order valence-electron chi connectivity index (χ3n) is 5.12. The summed E-state index contributed by atoms with van der Waals surface area (Å²) in [6, 6.07) is 0.561. The van der Waals surface area contributed by atoms with Gasteiger partial charge in [-0.3, -0.25) is 9.69 Å². The van der Waals surface area contributed by atoms with E-state index in [1.165, 1.54) is 12.8 Å². The molecule has 2 atom stereocenters. The molecule has 3 fully saturated rings. The van der Waals surface area contributed by atoms with E-state index >= 15 is 0 Å². The maximum absolute atomic E-state index is 12.7. The van der Waals surface area contributed by atoms with Crippen molar-refractivity contribution in [3.63, 3.8) is 0 Å². The third-order valence-corrected chi connectivity index (χ3v) is 5.12. The lowest BCUT2D eigenvalue weighted by Gasteiger charge is -2.35. The number of fused-ring (bicyclic) bond motifs is 1. The van der Waals surface area contributed by atoms with Crippen LogP contribution in [0.15, 0.2) is 0 Å². The Morgan fingerprint density at radius 3 is 2.33 bits per heavy atom. The van der Waals surface area contributed by atoms with Crippen LogP contribution in [0.25, 0.3) is 0 Å². The molecular formula is C15H25N3O3. The first-order valence-corrected chi connectivity index (χ1v) is 8.16. The average Bonchev–Trinajstić information content (AvgIpc) is 2.83. The number of carboxylic acid groups (broad SMARTS) is 1. The fourth-order valence-corrected chi connectivity index (χ4v) is 3.93. The number of carbonyl (C=O) groups is 2. The number of likely N-dealkylation sites (tertiary alicyclic amines) is 1. The highest BCUT2D eigenvalue weighted by atomic mass is 16.4. The van der Waals surface area contributed by atoms with Crippen molar-refractivity contribution < 1.29 is 14.7 Å². The molecule has 0 bridgehead atoms. The molecule has 3 rings (SSSR count). The summed E-state index contributed by atoms with van der Waals surface area (Å²) in [5.74, 6) is -1.16. The average molecular weight is 295 g/mol. The fraction of sp³-hybridized carbons (Fsp3) is 0.867. The first-order chi connectivity index (χ1) is 10.1. The van der Waals surface area contributed by atoms with Gasteiger partial charge in [0.25, 0.3) is 0 Å². The second-order valence-electron chi connectivity index (χ2n) is 6.54. The van der Waals surface area contributed by atoms with E-state index < -0.39 is 11.9 Å². The number of nitrogens with zero attached hydrogens (tertiary/aromatic N) is 3. The highest BCUT2D eigenvalue weighted by molar-refractivity contribution is 5.76. The Morgan fingerprint density at radius 1 is 0.857 bits per heavy atom. The molecule has 0 spiro atoms. The Balaban J connectivity index is 1.62. The minimum Gasteiger partial charge on any atom is -0.481 e. The van der Waals surface area contributed by atoms with Gasteiger partial charge in [0.1, 0.15) is 0 Å². The summed E-state index contributed by atoms with van der Waals surface area (Å²) in [5.41, 5.74) is 0. The number of rotatable bonds is 1. The number of carbonyl (C=O) groups excluding carboxylic acids is 1. The summed E-state index contributed by atoms with van der Waals surface area (Å²) >= 11 is 0. The Labute approximate surface area is 125 Å². The van der Waals surface area contributed by atoms with Crippen molar-refractivity contribution in [2.24, 2.45) is 5.92 Å². The number of amides is 2. The maximum atomic E-state index is 12.7. The van der Waals surface area contributed by atoms with Gasteiger partial charge in [0.15, 0.2) is 0 Å². The van der Waals surface area contributed by atoms with Gasteiger partial charge in [-0.1, -0.05) is 0 Å². The van der Waals surface area contributed by atoms with Gasteiger partial charge in [-0.25, -0.2) is 4.79 Å². The van der Waals surface area contributed by atoms with E-state index in [0.717, 1.165) is 39.0 Å². The normalized spacial score (nSPS) is 30.9. The maximum Gasteiger partial charge on any atom is 0.320 e. The van der Waals surface area contributed by atoms with Crippen molar-refractivity contribution >= 4 is 12.0 Å². The molecule has 118 valence electrons. The molecule has 1 unspecified atom stereocenters. The third kappa shape index (κ3) is 3.15. The first kappa shape index (κ1) is 14.6. The van der Waals surface area contributed by atoms with Gasteiger partial charge in [0, 0.05) is 38.8 Å². The summed E-state index contributed by atoms with van der Waals surface area (Å²) in [7, 11) is 0. The molecule has 1 N–H and O–H groups in total. The minimum atomic E-state index is -0.773. The molecule has 21 heavy (non-hydrogen) atoms. The monoisotopic (exact) mass is 295 g/mol. The zero-order valence-electron chi connectivity index (χ0n) is 12.5. The van der Waals surface area contributed by atoms with E-state index in [9.17, 15) is 9.59 Å². The Morgan fingerprint density at radius 2 is 1.52 bits per heavy atom. The lowest BCUT2D eigenvalue weighted by atomic mass is 9.98. The summed E-state index contributed by atoms with van der Waals surface area (Å²) in [6.07, 6.45) is 4.93. The molecular weight excluding hydrogens is 270 g/mol. The molecule has 3 aliphatic rings. The van der Waals surface area contributed by atoms with E-state index in [0.29, 0.717) is 25.6 Å². The van der Waals surface area contributed by atoms with E-state index in [1.54, 1.807) is 4.90 Å². The van der Waals surface area contributed by atoms with Crippen LogP contribution in [0.5, 0.6) is 0 Å². The first-order valence-electron chi connectivity index (χ1n) is 8.16. The molecule has 0 aromatic heterocycles. The standard InChI is InChI=1S/C15H25N3O3/c19-14(20)12-4-1-7-17(10-12)15(21)18-9-3-8-16-6-2-5-13(16)11-18/h12-13H,1-11H2,(H,19,20)/t12-,13?/m1/s1. The number of hydrogen-bond acceptors (Lipinski definition) is 3.